The number of hydrogen-bond donors (Lipinski definition) is 3. The number of nitrogens with one attached hydrogen (secondary N) is 1. The number of pyridine rings is 1. The van der Waals surface area contributed by atoms with Gasteiger partial charge in [-0.2, -0.15) is 0 Å². The standard InChI is InChI=1S/C18H21F2N7S.H3NS/c1-10-8-26(6-5-21-10)12-7-11(18(2)3-4-18)9-27-14(12)22-23-15(27)17-25-24-16(28-17)13(19)20;1-2/h7,9-10,13,21H,3-6,8H2,1-2H3;2H,1H2. The fourth-order valence-electron chi connectivity index (χ4n) is 3.73. The molecule has 1 unspecified atom stereocenters. The maximum atomic E-state index is 13.0. The van der Waals surface area contributed by atoms with Crippen molar-refractivity contribution >= 4 is 35.5 Å². The summed E-state index contributed by atoms with van der Waals surface area (Å²) >= 11 is 3.89. The molecule has 0 radical (unpaired) electrons. The van der Waals surface area contributed by atoms with Gasteiger partial charge in [0.2, 0.25) is 0 Å². The number of alkyl halides is 2. The van der Waals surface area contributed by atoms with Gasteiger partial charge in [0.25, 0.3) is 6.43 Å². The summed E-state index contributed by atoms with van der Waals surface area (Å²) in [5, 5.41) is 23.9. The third kappa shape index (κ3) is 3.88. The molecule has 5 rings (SSSR count). The van der Waals surface area contributed by atoms with Crippen molar-refractivity contribution in [3.8, 4) is 10.8 Å². The van der Waals surface area contributed by atoms with Gasteiger partial charge < -0.3 is 10.2 Å². The third-order valence-electron chi connectivity index (χ3n) is 5.71. The fraction of sp³-hybridized carbons (Fsp3) is 0.556. The first-order valence-corrected chi connectivity index (χ1v) is 11.0. The van der Waals surface area contributed by atoms with Crippen molar-refractivity contribution in [1.82, 2.24) is 30.1 Å². The number of aromatic nitrogens is 5. The minimum Gasteiger partial charge on any atom is -0.366 e. The summed E-state index contributed by atoms with van der Waals surface area (Å²) in [6, 6.07) is 2.61. The van der Waals surface area contributed by atoms with Crippen molar-refractivity contribution in [2.45, 2.75) is 44.6 Å². The van der Waals surface area contributed by atoms with Crippen LogP contribution in [0.4, 0.5) is 14.5 Å². The van der Waals surface area contributed by atoms with Crippen LogP contribution in [0.15, 0.2) is 12.3 Å². The van der Waals surface area contributed by atoms with Crippen LogP contribution in [0.1, 0.15) is 43.7 Å². The van der Waals surface area contributed by atoms with Gasteiger partial charge in [0, 0.05) is 31.9 Å². The molecule has 8 nitrogen and oxygen atoms in total. The van der Waals surface area contributed by atoms with Crippen LogP contribution in [0.25, 0.3) is 16.5 Å². The molecule has 1 atom stereocenters. The van der Waals surface area contributed by atoms with Crippen molar-refractivity contribution < 1.29 is 8.78 Å². The number of anilines is 1. The van der Waals surface area contributed by atoms with Gasteiger partial charge in [-0.3, -0.25) is 9.54 Å². The Morgan fingerprint density at radius 3 is 2.67 bits per heavy atom. The lowest BCUT2D eigenvalue weighted by molar-refractivity contribution is 0.150. The maximum Gasteiger partial charge on any atom is 0.291 e. The molecule has 30 heavy (non-hydrogen) atoms. The second-order valence-electron chi connectivity index (χ2n) is 7.94. The van der Waals surface area contributed by atoms with Gasteiger partial charge in [-0.05, 0) is 36.8 Å². The molecule has 2 aliphatic rings. The Balaban J connectivity index is 0.00000106. The average molecular weight is 455 g/mol. The zero-order chi connectivity index (χ0) is 21.5. The highest BCUT2D eigenvalue weighted by atomic mass is 32.1. The van der Waals surface area contributed by atoms with E-state index in [2.05, 4.69) is 68.5 Å². The summed E-state index contributed by atoms with van der Waals surface area (Å²) < 4.78 is 27.8. The first kappa shape index (κ1) is 21.3. The van der Waals surface area contributed by atoms with E-state index in [1.807, 2.05) is 10.6 Å². The molecular formula is C18H24F2N8S2. The van der Waals surface area contributed by atoms with E-state index >= 15 is 0 Å². The van der Waals surface area contributed by atoms with Gasteiger partial charge in [0.1, 0.15) is 0 Å². The zero-order valence-corrected chi connectivity index (χ0v) is 18.4. The smallest absolute Gasteiger partial charge is 0.291 e. The largest absolute Gasteiger partial charge is 0.366 e. The number of halogens is 2. The molecule has 1 aliphatic carbocycles. The number of piperazine rings is 1. The van der Waals surface area contributed by atoms with Gasteiger partial charge in [-0.15, -0.1) is 33.2 Å². The van der Waals surface area contributed by atoms with E-state index in [-0.39, 0.29) is 10.4 Å². The fourth-order valence-corrected chi connectivity index (χ4v) is 4.41. The van der Waals surface area contributed by atoms with E-state index in [0.717, 1.165) is 55.1 Å². The number of thiol groups is 1. The average Bonchev–Trinajstić information content (AvgIpc) is 3.16. The predicted molar refractivity (Wildman–Crippen MR) is 116 cm³/mol. The van der Waals surface area contributed by atoms with Crippen LogP contribution in [0.3, 0.4) is 0 Å². The van der Waals surface area contributed by atoms with Crippen LogP contribution in [0.2, 0.25) is 0 Å². The van der Waals surface area contributed by atoms with Crippen molar-refractivity contribution in [2.24, 2.45) is 5.14 Å². The summed E-state index contributed by atoms with van der Waals surface area (Å²) in [6.45, 7) is 7.09. The van der Waals surface area contributed by atoms with Crippen molar-refractivity contribution in [3.63, 3.8) is 0 Å². The molecule has 3 aromatic heterocycles. The number of nitrogens with zero attached hydrogens (tertiary/aromatic N) is 6. The van der Waals surface area contributed by atoms with Gasteiger partial charge in [0.15, 0.2) is 21.5 Å². The molecule has 1 saturated heterocycles. The van der Waals surface area contributed by atoms with Crippen LogP contribution < -0.4 is 15.4 Å². The first-order chi connectivity index (χ1) is 14.4. The molecule has 3 N–H and O–H groups in total. The van der Waals surface area contributed by atoms with Crippen LogP contribution in [-0.2, 0) is 5.41 Å². The number of fused-ring (bicyclic) bond motifs is 1. The lowest BCUT2D eigenvalue weighted by Crippen LogP contribution is -2.49. The SMILES string of the molecule is CC1CN(c2cc(C3(C)CC3)cn3c(-c4nnc(C(F)F)s4)nnc23)CCN1.NS. The minimum atomic E-state index is -2.63. The summed E-state index contributed by atoms with van der Waals surface area (Å²) in [6.07, 6.45) is 1.68. The molecule has 0 spiro atoms. The van der Waals surface area contributed by atoms with Crippen LogP contribution >= 0.6 is 24.2 Å². The molecule has 1 aliphatic heterocycles. The highest BCUT2D eigenvalue weighted by Crippen LogP contribution is 2.48. The summed E-state index contributed by atoms with van der Waals surface area (Å²) in [7, 11) is 0. The molecule has 3 aromatic rings. The Morgan fingerprint density at radius 1 is 1.27 bits per heavy atom. The highest BCUT2D eigenvalue weighted by molar-refractivity contribution is 7.77. The van der Waals surface area contributed by atoms with Gasteiger partial charge in [-0.25, -0.2) is 8.78 Å². The maximum absolute atomic E-state index is 13.0. The molecule has 0 bridgehead atoms. The third-order valence-corrected chi connectivity index (χ3v) is 6.64. The topological polar surface area (TPSA) is 97.3 Å². The van der Waals surface area contributed by atoms with Gasteiger partial charge >= 0.3 is 0 Å². The molecule has 2 fully saturated rings. The molecule has 12 heteroatoms. The Kier molecular flexibility index (Phi) is 5.93. The second kappa shape index (κ2) is 8.33. The summed E-state index contributed by atoms with van der Waals surface area (Å²) in [5.74, 6) is 0.468. The summed E-state index contributed by atoms with van der Waals surface area (Å²) in [5.41, 5.74) is 3.14. The monoisotopic (exact) mass is 454 g/mol. The van der Waals surface area contributed by atoms with Gasteiger partial charge in [0.05, 0.1) is 5.69 Å². The van der Waals surface area contributed by atoms with Crippen molar-refractivity contribution in [2.75, 3.05) is 24.5 Å². The van der Waals surface area contributed by atoms with Crippen molar-refractivity contribution in [1.29, 1.82) is 0 Å². The second-order valence-corrected chi connectivity index (χ2v) is 8.95. The molecule has 4 heterocycles. The number of hydrogen-bond acceptors (Lipinski definition) is 9. The zero-order valence-electron chi connectivity index (χ0n) is 16.7. The Morgan fingerprint density at radius 2 is 2.03 bits per heavy atom. The molecule has 1 saturated carbocycles. The number of rotatable bonds is 4. The predicted octanol–water partition coefficient (Wildman–Crippen LogP) is 2.82. The Hall–Kier alpha value is -1.89. The quantitative estimate of drug-likeness (QED) is 0.522. The van der Waals surface area contributed by atoms with Crippen LogP contribution in [0.5, 0.6) is 0 Å². The highest BCUT2D eigenvalue weighted by Gasteiger charge is 2.40. The van der Waals surface area contributed by atoms with E-state index in [0.29, 0.717) is 16.9 Å². The summed E-state index contributed by atoms with van der Waals surface area (Å²) in [4.78, 5) is 2.33. The lowest BCUT2D eigenvalue weighted by atomic mass is 9.99. The van der Waals surface area contributed by atoms with E-state index in [4.69, 9.17) is 0 Å². The van der Waals surface area contributed by atoms with Crippen LogP contribution in [0, 0.1) is 0 Å². The molecule has 0 amide bonds. The Labute approximate surface area is 182 Å². The van der Waals surface area contributed by atoms with Crippen LogP contribution in [-0.4, -0.2) is 50.5 Å². The minimum absolute atomic E-state index is 0.152. The lowest BCUT2D eigenvalue weighted by Gasteiger charge is -2.34. The number of nitrogens with two attached hydrogens (primary N) is 1. The Bertz CT molecular complexity index is 1030. The van der Waals surface area contributed by atoms with E-state index < -0.39 is 6.43 Å². The first-order valence-electron chi connectivity index (χ1n) is 9.70. The van der Waals surface area contributed by atoms with Gasteiger partial charge in [-0.1, -0.05) is 18.3 Å². The molecule has 0 aromatic carbocycles. The normalized spacial score (nSPS) is 20.4. The van der Waals surface area contributed by atoms with E-state index in [1.165, 1.54) is 5.56 Å². The van der Waals surface area contributed by atoms with E-state index in [1.54, 1.807) is 0 Å². The van der Waals surface area contributed by atoms with Crippen molar-refractivity contribution in [3.05, 3.63) is 22.8 Å². The molecular weight excluding hydrogens is 430 g/mol. The van der Waals surface area contributed by atoms with E-state index in [9.17, 15) is 8.78 Å². The molecule has 162 valence electrons.